The molecular formula is C13H8F3N3O. The number of phenolic OH excluding ortho intramolecular Hbond substituents is 1. The van der Waals surface area contributed by atoms with Crippen LogP contribution in [-0.4, -0.2) is 20.1 Å². The predicted octanol–water partition coefficient (Wildman–Crippen LogP) is 3.14. The van der Waals surface area contributed by atoms with Crippen LogP contribution in [-0.2, 0) is 6.18 Å². The van der Waals surface area contributed by atoms with Gasteiger partial charge in [0, 0.05) is 0 Å². The summed E-state index contributed by atoms with van der Waals surface area (Å²) in [4.78, 5) is 1.23. The number of halogens is 3. The van der Waals surface area contributed by atoms with Gasteiger partial charge in [-0.25, -0.2) is 0 Å². The number of aromatic hydroxyl groups is 1. The van der Waals surface area contributed by atoms with Crippen LogP contribution < -0.4 is 0 Å². The van der Waals surface area contributed by atoms with Gasteiger partial charge in [-0.05, 0) is 42.5 Å². The van der Waals surface area contributed by atoms with Crippen LogP contribution in [0.15, 0.2) is 42.5 Å². The number of rotatable bonds is 1. The Hall–Kier alpha value is -2.57. The van der Waals surface area contributed by atoms with Crippen molar-refractivity contribution in [3.63, 3.8) is 0 Å². The van der Waals surface area contributed by atoms with Crippen molar-refractivity contribution in [2.45, 2.75) is 6.18 Å². The lowest BCUT2D eigenvalue weighted by molar-refractivity contribution is -0.137. The summed E-state index contributed by atoms with van der Waals surface area (Å²) < 4.78 is 37.8. The summed E-state index contributed by atoms with van der Waals surface area (Å²) in [5, 5.41) is 17.3. The summed E-state index contributed by atoms with van der Waals surface area (Å²) in [6, 6.07) is 9.24. The Morgan fingerprint density at radius 2 is 1.55 bits per heavy atom. The average Bonchev–Trinajstić information content (AvgIpc) is 2.81. The van der Waals surface area contributed by atoms with Gasteiger partial charge in [-0.1, -0.05) is 0 Å². The Labute approximate surface area is 111 Å². The molecule has 0 spiro atoms. The van der Waals surface area contributed by atoms with Crippen molar-refractivity contribution < 1.29 is 18.3 Å². The van der Waals surface area contributed by atoms with E-state index in [1.54, 1.807) is 12.1 Å². The van der Waals surface area contributed by atoms with Gasteiger partial charge >= 0.3 is 6.18 Å². The maximum Gasteiger partial charge on any atom is 0.416 e. The lowest BCUT2D eigenvalue weighted by Crippen LogP contribution is -2.04. The summed E-state index contributed by atoms with van der Waals surface area (Å²) in [5.41, 5.74) is 0.314. The number of fused-ring (bicyclic) bond motifs is 1. The lowest BCUT2D eigenvalue weighted by atomic mass is 10.2. The van der Waals surface area contributed by atoms with E-state index in [1.165, 1.54) is 23.0 Å². The van der Waals surface area contributed by atoms with Crippen molar-refractivity contribution in [2.24, 2.45) is 0 Å². The number of alkyl halides is 3. The zero-order valence-electron chi connectivity index (χ0n) is 9.96. The fourth-order valence-electron chi connectivity index (χ4n) is 1.79. The first-order valence-corrected chi connectivity index (χ1v) is 5.67. The van der Waals surface area contributed by atoms with Gasteiger partial charge < -0.3 is 5.11 Å². The minimum Gasteiger partial charge on any atom is -0.508 e. The standard InChI is InChI=1S/C13H8F3N3O/c14-13(15,16)8-1-6-11-12(7-8)18-19(17-11)9-2-4-10(20)5-3-9/h1-7,20H. The fraction of sp³-hybridized carbons (Fsp3) is 0.0769. The Kier molecular flexibility index (Phi) is 2.63. The van der Waals surface area contributed by atoms with Crippen LogP contribution in [0.2, 0.25) is 0 Å². The van der Waals surface area contributed by atoms with Gasteiger partial charge in [-0.15, -0.1) is 10.2 Å². The maximum atomic E-state index is 12.6. The molecule has 0 aliphatic heterocycles. The van der Waals surface area contributed by atoms with Crippen LogP contribution in [0.4, 0.5) is 13.2 Å². The van der Waals surface area contributed by atoms with Crippen molar-refractivity contribution in [3.8, 4) is 11.4 Å². The molecule has 2 aromatic carbocycles. The molecule has 0 bridgehead atoms. The SMILES string of the molecule is Oc1ccc(-n2nc3ccc(C(F)(F)F)cc3n2)cc1. The minimum atomic E-state index is -4.41. The highest BCUT2D eigenvalue weighted by Crippen LogP contribution is 2.30. The number of aromatic nitrogens is 3. The van der Waals surface area contributed by atoms with Gasteiger partial charge in [0.2, 0.25) is 0 Å². The molecule has 102 valence electrons. The fourth-order valence-corrected chi connectivity index (χ4v) is 1.79. The summed E-state index contributed by atoms with van der Waals surface area (Å²) in [5.74, 6) is 0.0878. The second kappa shape index (κ2) is 4.22. The highest BCUT2D eigenvalue weighted by molar-refractivity contribution is 5.74. The summed E-state index contributed by atoms with van der Waals surface area (Å²) in [6.45, 7) is 0. The van der Waals surface area contributed by atoms with Gasteiger partial charge in [0.1, 0.15) is 16.8 Å². The molecule has 0 saturated carbocycles. The normalized spacial score (nSPS) is 11.9. The summed E-state index contributed by atoms with van der Waals surface area (Å²) in [6.07, 6.45) is -4.41. The van der Waals surface area contributed by atoms with E-state index in [1.807, 2.05) is 0 Å². The molecule has 0 saturated heterocycles. The van der Waals surface area contributed by atoms with Crippen LogP contribution >= 0.6 is 0 Å². The van der Waals surface area contributed by atoms with E-state index >= 15 is 0 Å². The third-order valence-electron chi connectivity index (χ3n) is 2.79. The number of nitrogens with zero attached hydrogens (tertiary/aromatic N) is 3. The van der Waals surface area contributed by atoms with Crippen LogP contribution in [0.1, 0.15) is 5.56 Å². The molecule has 0 atom stereocenters. The van der Waals surface area contributed by atoms with E-state index < -0.39 is 11.7 Å². The molecule has 0 aliphatic rings. The summed E-state index contributed by atoms with van der Waals surface area (Å²) in [7, 11) is 0. The molecule has 0 radical (unpaired) electrons. The predicted molar refractivity (Wildman–Crippen MR) is 65.5 cm³/mol. The van der Waals surface area contributed by atoms with Crippen LogP contribution in [0.3, 0.4) is 0 Å². The van der Waals surface area contributed by atoms with E-state index in [0.29, 0.717) is 11.2 Å². The molecule has 4 nitrogen and oxygen atoms in total. The molecule has 20 heavy (non-hydrogen) atoms. The first-order chi connectivity index (χ1) is 9.43. The van der Waals surface area contributed by atoms with Crippen LogP contribution in [0.25, 0.3) is 16.7 Å². The van der Waals surface area contributed by atoms with E-state index in [9.17, 15) is 18.3 Å². The maximum absolute atomic E-state index is 12.6. The smallest absolute Gasteiger partial charge is 0.416 e. The topological polar surface area (TPSA) is 50.9 Å². The Bertz CT molecular complexity index is 763. The molecule has 1 N–H and O–H groups in total. The monoisotopic (exact) mass is 279 g/mol. The number of hydrogen-bond acceptors (Lipinski definition) is 3. The quantitative estimate of drug-likeness (QED) is 0.744. The Morgan fingerprint density at radius 3 is 2.20 bits per heavy atom. The minimum absolute atomic E-state index is 0.0878. The third kappa shape index (κ3) is 2.18. The second-order valence-electron chi connectivity index (χ2n) is 4.21. The molecular weight excluding hydrogens is 271 g/mol. The number of hydrogen-bond donors (Lipinski definition) is 1. The second-order valence-corrected chi connectivity index (χ2v) is 4.21. The van der Waals surface area contributed by atoms with E-state index in [2.05, 4.69) is 10.2 Å². The van der Waals surface area contributed by atoms with E-state index in [0.717, 1.165) is 12.1 Å². The molecule has 1 heterocycles. The molecule has 0 fully saturated rings. The number of benzene rings is 2. The van der Waals surface area contributed by atoms with E-state index in [-0.39, 0.29) is 11.3 Å². The van der Waals surface area contributed by atoms with Crippen LogP contribution in [0.5, 0.6) is 5.75 Å². The molecule has 0 aliphatic carbocycles. The van der Waals surface area contributed by atoms with Gasteiger partial charge in [0.15, 0.2) is 0 Å². The highest BCUT2D eigenvalue weighted by Gasteiger charge is 2.30. The third-order valence-corrected chi connectivity index (χ3v) is 2.79. The lowest BCUT2D eigenvalue weighted by Gasteiger charge is -2.04. The van der Waals surface area contributed by atoms with Crippen molar-refractivity contribution in [1.82, 2.24) is 15.0 Å². The Morgan fingerprint density at radius 1 is 0.900 bits per heavy atom. The molecule has 0 unspecified atom stereocenters. The zero-order chi connectivity index (χ0) is 14.3. The first kappa shape index (κ1) is 12.5. The van der Waals surface area contributed by atoms with Gasteiger partial charge in [0.25, 0.3) is 0 Å². The first-order valence-electron chi connectivity index (χ1n) is 5.67. The van der Waals surface area contributed by atoms with Crippen molar-refractivity contribution in [3.05, 3.63) is 48.0 Å². The zero-order valence-corrected chi connectivity index (χ0v) is 9.96. The molecule has 3 rings (SSSR count). The largest absolute Gasteiger partial charge is 0.508 e. The van der Waals surface area contributed by atoms with Gasteiger partial charge in [-0.2, -0.15) is 18.0 Å². The van der Waals surface area contributed by atoms with Crippen LogP contribution in [0, 0.1) is 0 Å². The van der Waals surface area contributed by atoms with Gasteiger partial charge in [-0.3, -0.25) is 0 Å². The molecule has 1 aromatic heterocycles. The molecule has 7 heteroatoms. The summed E-state index contributed by atoms with van der Waals surface area (Å²) >= 11 is 0. The van der Waals surface area contributed by atoms with E-state index in [4.69, 9.17) is 0 Å². The number of phenols is 1. The van der Waals surface area contributed by atoms with Gasteiger partial charge in [0.05, 0.1) is 11.3 Å². The molecule has 3 aromatic rings. The average molecular weight is 279 g/mol. The highest BCUT2D eigenvalue weighted by atomic mass is 19.4. The van der Waals surface area contributed by atoms with Crippen molar-refractivity contribution in [1.29, 1.82) is 0 Å². The molecule has 0 amide bonds. The van der Waals surface area contributed by atoms with Crippen molar-refractivity contribution >= 4 is 11.0 Å². The Balaban J connectivity index is 2.09. The van der Waals surface area contributed by atoms with Crippen molar-refractivity contribution in [2.75, 3.05) is 0 Å².